The highest BCUT2D eigenvalue weighted by Gasteiger charge is 2.15. The first kappa shape index (κ1) is 17.9. The Hall–Kier alpha value is -3.88. The van der Waals surface area contributed by atoms with Gasteiger partial charge in [0.2, 0.25) is 5.88 Å². The number of nitrogens with zero attached hydrogens (tertiary/aromatic N) is 2. The van der Waals surface area contributed by atoms with Gasteiger partial charge < -0.3 is 26.0 Å². The molecule has 0 fully saturated rings. The maximum absolute atomic E-state index is 12.9. The van der Waals surface area contributed by atoms with Crippen LogP contribution in [0.2, 0.25) is 0 Å². The summed E-state index contributed by atoms with van der Waals surface area (Å²) >= 11 is 0. The average Bonchev–Trinajstić information content (AvgIpc) is 2.99. The smallest absolute Gasteiger partial charge is 0.323 e. The molecule has 9 heteroatoms. The summed E-state index contributed by atoms with van der Waals surface area (Å²) in [6.07, 6.45) is 1.32. The Labute approximate surface area is 153 Å². The van der Waals surface area contributed by atoms with E-state index in [0.717, 1.165) is 5.56 Å². The predicted molar refractivity (Wildman–Crippen MR) is 97.0 cm³/mol. The largest absolute Gasteiger partial charge is 0.492 e. The van der Waals surface area contributed by atoms with Gasteiger partial charge in [0, 0.05) is 17.9 Å². The Morgan fingerprint density at radius 3 is 2.15 bits per heavy atom. The molecule has 2 aromatic carbocycles. The first-order valence-electron chi connectivity index (χ1n) is 7.89. The molecule has 0 aliphatic rings. The number of anilines is 2. The second-order valence-electron chi connectivity index (χ2n) is 5.69. The van der Waals surface area contributed by atoms with E-state index in [1.807, 2.05) is 0 Å². The molecule has 3 amide bonds. The molecule has 0 saturated carbocycles. The van der Waals surface area contributed by atoms with Gasteiger partial charge in [-0.3, -0.25) is 4.79 Å². The summed E-state index contributed by atoms with van der Waals surface area (Å²) in [4.78, 5) is 27.0. The molecule has 0 saturated heterocycles. The monoisotopic (exact) mass is 369 g/mol. The van der Waals surface area contributed by atoms with Crippen molar-refractivity contribution in [2.75, 3.05) is 10.6 Å². The van der Waals surface area contributed by atoms with E-state index in [9.17, 15) is 19.1 Å². The number of halogens is 1. The zero-order chi connectivity index (χ0) is 19.4. The number of hydrogen-bond donors (Lipinski definition) is 4. The van der Waals surface area contributed by atoms with E-state index in [0.29, 0.717) is 11.4 Å². The van der Waals surface area contributed by atoms with Crippen LogP contribution in [0.4, 0.5) is 20.6 Å². The fourth-order valence-electron chi connectivity index (χ4n) is 2.46. The number of amides is 3. The maximum atomic E-state index is 12.9. The van der Waals surface area contributed by atoms with Crippen molar-refractivity contribution in [3.05, 3.63) is 71.9 Å². The van der Waals surface area contributed by atoms with E-state index in [-0.39, 0.29) is 18.1 Å². The van der Waals surface area contributed by atoms with Crippen molar-refractivity contribution in [2.24, 2.45) is 5.73 Å². The van der Waals surface area contributed by atoms with E-state index < -0.39 is 17.8 Å². The molecule has 1 aromatic heterocycles. The minimum Gasteiger partial charge on any atom is -0.492 e. The Kier molecular flexibility index (Phi) is 5.02. The van der Waals surface area contributed by atoms with E-state index in [1.54, 1.807) is 24.3 Å². The number of nitrogens with one attached hydrogen (secondary N) is 2. The van der Waals surface area contributed by atoms with Crippen molar-refractivity contribution in [1.82, 2.24) is 9.55 Å². The fraction of sp³-hybridized carbons (Fsp3) is 0.0556. The molecule has 27 heavy (non-hydrogen) atoms. The first-order valence-corrected chi connectivity index (χ1v) is 7.89. The quantitative estimate of drug-likeness (QED) is 0.552. The number of aromatic nitrogens is 2. The van der Waals surface area contributed by atoms with Crippen molar-refractivity contribution >= 4 is 23.3 Å². The predicted octanol–water partition coefficient (Wildman–Crippen LogP) is 2.52. The minimum absolute atomic E-state index is 0.0733. The number of primary amides is 1. The molecule has 0 aliphatic heterocycles. The summed E-state index contributed by atoms with van der Waals surface area (Å²) in [5, 5.41) is 14.8. The van der Waals surface area contributed by atoms with E-state index in [1.165, 1.54) is 35.2 Å². The first-order chi connectivity index (χ1) is 12.9. The Balaban J connectivity index is 1.62. The van der Waals surface area contributed by atoms with Crippen molar-refractivity contribution in [3.63, 3.8) is 0 Å². The number of nitrogens with two attached hydrogens (primary N) is 1. The van der Waals surface area contributed by atoms with Crippen LogP contribution in [0.25, 0.3) is 0 Å². The molecule has 0 spiro atoms. The molecule has 8 nitrogen and oxygen atoms in total. The molecule has 0 unspecified atom stereocenters. The van der Waals surface area contributed by atoms with Crippen molar-refractivity contribution < 1.29 is 19.1 Å². The van der Waals surface area contributed by atoms with Gasteiger partial charge in [0.05, 0.1) is 6.33 Å². The van der Waals surface area contributed by atoms with Crippen LogP contribution >= 0.6 is 0 Å². The molecular weight excluding hydrogens is 353 g/mol. The van der Waals surface area contributed by atoms with Gasteiger partial charge in [-0.1, -0.05) is 12.1 Å². The summed E-state index contributed by atoms with van der Waals surface area (Å²) in [6, 6.07) is 11.8. The zero-order valence-electron chi connectivity index (χ0n) is 14.0. The second kappa shape index (κ2) is 7.56. The number of carbonyl (C=O) groups is 2. The van der Waals surface area contributed by atoms with Gasteiger partial charge in [0.25, 0.3) is 5.91 Å². The fourth-order valence-corrected chi connectivity index (χ4v) is 2.46. The molecule has 0 bridgehead atoms. The van der Waals surface area contributed by atoms with Crippen molar-refractivity contribution in [2.45, 2.75) is 6.54 Å². The standard InChI is InChI=1S/C18H16FN5O3/c19-12-3-7-14(8-4-12)23-18(27)22-13-5-1-11(2-6-13)9-24-10-21-17(26)15(24)16(20)25/h1-8,10,26H,9H2,(H2,20,25)(H2,22,23,27). The van der Waals surface area contributed by atoms with Crippen LogP contribution in [0, 0.1) is 5.82 Å². The van der Waals surface area contributed by atoms with E-state index in [2.05, 4.69) is 15.6 Å². The van der Waals surface area contributed by atoms with E-state index >= 15 is 0 Å². The number of hydrogen-bond acceptors (Lipinski definition) is 4. The average molecular weight is 369 g/mol. The number of rotatable bonds is 5. The van der Waals surface area contributed by atoms with Gasteiger partial charge in [-0.2, -0.15) is 0 Å². The van der Waals surface area contributed by atoms with Gasteiger partial charge in [0.15, 0.2) is 5.69 Å². The van der Waals surface area contributed by atoms with Crippen LogP contribution < -0.4 is 16.4 Å². The minimum atomic E-state index is -0.777. The topological polar surface area (TPSA) is 122 Å². The van der Waals surface area contributed by atoms with Crippen LogP contribution in [0.5, 0.6) is 5.88 Å². The number of aromatic hydroxyl groups is 1. The molecule has 3 aromatic rings. The van der Waals surface area contributed by atoms with Gasteiger partial charge in [0.1, 0.15) is 5.82 Å². The van der Waals surface area contributed by atoms with Crippen LogP contribution in [0.15, 0.2) is 54.9 Å². The van der Waals surface area contributed by atoms with Crippen LogP contribution in [0.3, 0.4) is 0 Å². The van der Waals surface area contributed by atoms with Crippen LogP contribution in [-0.2, 0) is 6.54 Å². The van der Waals surface area contributed by atoms with E-state index in [4.69, 9.17) is 5.73 Å². The normalized spacial score (nSPS) is 10.4. The summed E-state index contributed by atoms with van der Waals surface area (Å²) in [6.45, 7) is 0.272. The summed E-state index contributed by atoms with van der Waals surface area (Å²) < 4.78 is 14.3. The second-order valence-corrected chi connectivity index (χ2v) is 5.69. The maximum Gasteiger partial charge on any atom is 0.323 e. The van der Waals surface area contributed by atoms with Gasteiger partial charge in [-0.25, -0.2) is 14.2 Å². The lowest BCUT2D eigenvalue weighted by molar-refractivity contribution is 0.0989. The highest BCUT2D eigenvalue weighted by atomic mass is 19.1. The van der Waals surface area contributed by atoms with Gasteiger partial charge in [-0.15, -0.1) is 0 Å². The molecule has 5 N–H and O–H groups in total. The third-order valence-electron chi connectivity index (χ3n) is 3.72. The zero-order valence-corrected chi connectivity index (χ0v) is 14.0. The summed E-state index contributed by atoms with van der Waals surface area (Å²) in [5.74, 6) is -1.58. The molecule has 3 rings (SSSR count). The molecule has 1 heterocycles. The highest BCUT2D eigenvalue weighted by Crippen LogP contribution is 2.17. The Bertz CT molecular complexity index is 968. The van der Waals surface area contributed by atoms with Crippen molar-refractivity contribution in [3.8, 4) is 5.88 Å². The molecule has 0 aliphatic carbocycles. The Morgan fingerprint density at radius 1 is 1.04 bits per heavy atom. The lowest BCUT2D eigenvalue weighted by Crippen LogP contribution is -2.19. The van der Waals surface area contributed by atoms with Gasteiger partial charge >= 0.3 is 6.03 Å². The highest BCUT2D eigenvalue weighted by molar-refractivity contribution is 5.99. The van der Waals surface area contributed by atoms with Crippen LogP contribution in [-0.4, -0.2) is 26.6 Å². The number of benzene rings is 2. The SMILES string of the molecule is NC(=O)c1c(O)ncn1Cc1ccc(NC(=O)Nc2ccc(F)cc2)cc1. The number of imidazole rings is 1. The number of carbonyl (C=O) groups excluding carboxylic acids is 2. The third kappa shape index (κ3) is 4.40. The molecule has 0 atom stereocenters. The molecular formula is C18H16FN5O3. The van der Waals surface area contributed by atoms with Crippen LogP contribution in [0.1, 0.15) is 16.1 Å². The molecule has 138 valence electrons. The number of urea groups is 1. The summed E-state index contributed by atoms with van der Waals surface area (Å²) in [5.41, 5.74) is 6.97. The molecule has 0 radical (unpaired) electrons. The lowest BCUT2D eigenvalue weighted by Gasteiger charge is -2.09. The van der Waals surface area contributed by atoms with Gasteiger partial charge in [-0.05, 0) is 42.0 Å². The lowest BCUT2D eigenvalue weighted by atomic mass is 10.2. The Morgan fingerprint density at radius 2 is 1.59 bits per heavy atom. The van der Waals surface area contributed by atoms with Crippen molar-refractivity contribution in [1.29, 1.82) is 0 Å². The third-order valence-corrected chi connectivity index (χ3v) is 3.72. The summed E-state index contributed by atoms with van der Waals surface area (Å²) in [7, 11) is 0.